The van der Waals surface area contributed by atoms with Crippen LogP contribution in [-0.2, 0) is 0 Å². The van der Waals surface area contributed by atoms with Gasteiger partial charge in [0.15, 0.2) is 6.29 Å². The van der Waals surface area contributed by atoms with Gasteiger partial charge >= 0.3 is 0 Å². The molecule has 0 amide bonds. The molecule has 0 saturated heterocycles. The molecule has 3 heteroatoms. The van der Waals surface area contributed by atoms with Crippen LogP contribution < -0.4 is 0 Å². The molecule has 0 atom stereocenters. The van der Waals surface area contributed by atoms with Crippen molar-refractivity contribution in [2.45, 2.75) is 26.8 Å². The third kappa shape index (κ3) is 1.63. The molecule has 1 aromatic carbocycles. The normalized spacial score (nSPS) is 11.3. The molecule has 84 valence electrons. The van der Waals surface area contributed by atoms with Gasteiger partial charge in [0.1, 0.15) is 0 Å². The summed E-state index contributed by atoms with van der Waals surface area (Å²) >= 11 is 6.02. The highest BCUT2D eigenvalue weighted by Gasteiger charge is 2.12. The number of hydrogen-bond donors (Lipinski definition) is 0. The van der Waals surface area contributed by atoms with Gasteiger partial charge in [-0.05, 0) is 38.5 Å². The van der Waals surface area contributed by atoms with Crippen molar-refractivity contribution in [3.63, 3.8) is 0 Å². The lowest BCUT2D eigenvalue weighted by Gasteiger charge is -2.11. The fraction of sp³-hybridized carbons (Fsp3) is 0.308. The summed E-state index contributed by atoms with van der Waals surface area (Å²) < 4.78 is 2.12. The lowest BCUT2D eigenvalue weighted by atomic mass is 10.1. The van der Waals surface area contributed by atoms with Crippen LogP contribution in [0.25, 0.3) is 10.9 Å². The van der Waals surface area contributed by atoms with Crippen LogP contribution in [0.2, 0.25) is 5.02 Å². The van der Waals surface area contributed by atoms with E-state index in [1.807, 2.05) is 25.3 Å². The highest BCUT2D eigenvalue weighted by atomic mass is 35.5. The minimum atomic E-state index is 0.330. The van der Waals surface area contributed by atoms with E-state index in [2.05, 4.69) is 18.4 Å². The summed E-state index contributed by atoms with van der Waals surface area (Å²) in [5, 5.41) is 1.61. The number of rotatable bonds is 2. The maximum atomic E-state index is 11.0. The van der Waals surface area contributed by atoms with Crippen molar-refractivity contribution in [2.75, 3.05) is 0 Å². The first-order chi connectivity index (χ1) is 7.54. The molecule has 0 aliphatic rings. The summed E-state index contributed by atoms with van der Waals surface area (Å²) in [5.41, 5.74) is 2.90. The van der Waals surface area contributed by atoms with Crippen molar-refractivity contribution in [1.82, 2.24) is 4.57 Å². The molecule has 2 nitrogen and oxygen atoms in total. The molecular formula is C13H14ClNO. The number of benzene rings is 1. The zero-order valence-electron chi connectivity index (χ0n) is 9.62. The topological polar surface area (TPSA) is 22.0 Å². The van der Waals surface area contributed by atoms with Gasteiger partial charge in [0.05, 0.1) is 5.52 Å². The quantitative estimate of drug-likeness (QED) is 0.722. The van der Waals surface area contributed by atoms with E-state index < -0.39 is 0 Å². The minimum Gasteiger partial charge on any atom is -0.344 e. The van der Waals surface area contributed by atoms with E-state index in [9.17, 15) is 4.79 Å². The van der Waals surface area contributed by atoms with Crippen LogP contribution >= 0.6 is 11.6 Å². The number of carbonyl (C=O) groups is 1. The Hall–Kier alpha value is -1.28. The Morgan fingerprint density at radius 2 is 2.06 bits per heavy atom. The lowest BCUT2D eigenvalue weighted by molar-refractivity contribution is 0.112. The average Bonchev–Trinajstić information content (AvgIpc) is 2.56. The van der Waals surface area contributed by atoms with Crippen molar-refractivity contribution in [1.29, 1.82) is 0 Å². The zero-order chi connectivity index (χ0) is 11.9. The molecule has 0 radical (unpaired) electrons. The van der Waals surface area contributed by atoms with E-state index in [-0.39, 0.29) is 0 Å². The van der Waals surface area contributed by atoms with Crippen LogP contribution in [0.3, 0.4) is 0 Å². The number of fused-ring (bicyclic) bond motifs is 1. The van der Waals surface area contributed by atoms with Gasteiger partial charge in [-0.1, -0.05) is 11.6 Å². The molecule has 0 saturated carbocycles. The van der Waals surface area contributed by atoms with Crippen molar-refractivity contribution in [2.24, 2.45) is 0 Å². The number of carbonyl (C=O) groups excluding carboxylic acids is 1. The molecule has 2 aromatic rings. The predicted molar refractivity (Wildman–Crippen MR) is 67.5 cm³/mol. The average molecular weight is 236 g/mol. The predicted octanol–water partition coefficient (Wildman–Crippen LogP) is 4.00. The largest absolute Gasteiger partial charge is 0.344 e. The fourth-order valence-corrected chi connectivity index (χ4v) is 2.36. The van der Waals surface area contributed by atoms with Crippen molar-refractivity contribution in [3.05, 3.63) is 34.5 Å². The number of halogens is 1. The van der Waals surface area contributed by atoms with Gasteiger partial charge in [-0.3, -0.25) is 4.79 Å². The van der Waals surface area contributed by atoms with Gasteiger partial charge in [-0.25, -0.2) is 0 Å². The number of aldehydes is 1. The Morgan fingerprint density at radius 3 is 2.62 bits per heavy atom. The van der Waals surface area contributed by atoms with Gasteiger partial charge in [-0.2, -0.15) is 0 Å². The van der Waals surface area contributed by atoms with Crippen molar-refractivity contribution < 1.29 is 4.79 Å². The van der Waals surface area contributed by atoms with Crippen molar-refractivity contribution >= 4 is 28.8 Å². The smallest absolute Gasteiger partial charge is 0.152 e. The second-order valence-corrected chi connectivity index (χ2v) is 4.76. The standard InChI is InChI=1S/C13H14ClNO/c1-8(2)15-6-10(7-16)12-5-11(14)4-9(3)13(12)15/h4-8H,1-3H3. The molecule has 0 spiro atoms. The first-order valence-corrected chi connectivity index (χ1v) is 5.68. The van der Waals surface area contributed by atoms with E-state index >= 15 is 0 Å². The third-order valence-electron chi connectivity index (χ3n) is 2.80. The summed E-state index contributed by atoms with van der Waals surface area (Å²) in [4.78, 5) is 11.0. The number of aromatic nitrogens is 1. The third-order valence-corrected chi connectivity index (χ3v) is 3.01. The van der Waals surface area contributed by atoms with Gasteiger partial charge in [0.2, 0.25) is 0 Å². The first kappa shape index (κ1) is 11.2. The van der Waals surface area contributed by atoms with Gasteiger partial charge < -0.3 is 4.57 Å². The molecule has 1 aromatic heterocycles. The van der Waals surface area contributed by atoms with E-state index in [0.29, 0.717) is 16.6 Å². The highest BCUT2D eigenvalue weighted by molar-refractivity contribution is 6.31. The van der Waals surface area contributed by atoms with Crippen LogP contribution in [0, 0.1) is 6.92 Å². The fourth-order valence-electron chi connectivity index (χ4n) is 2.08. The number of aryl methyl sites for hydroxylation is 1. The SMILES string of the molecule is Cc1cc(Cl)cc2c(C=O)cn(C(C)C)c12. The van der Waals surface area contributed by atoms with Crippen molar-refractivity contribution in [3.8, 4) is 0 Å². The van der Waals surface area contributed by atoms with Crippen LogP contribution in [0.15, 0.2) is 18.3 Å². The molecule has 0 fully saturated rings. The number of nitrogens with zero attached hydrogens (tertiary/aromatic N) is 1. The highest BCUT2D eigenvalue weighted by Crippen LogP contribution is 2.29. The Morgan fingerprint density at radius 1 is 1.38 bits per heavy atom. The Kier molecular flexibility index (Phi) is 2.76. The molecule has 0 aliphatic carbocycles. The number of hydrogen-bond acceptors (Lipinski definition) is 1. The van der Waals surface area contributed by atoms with Gasteiger partial charge in [0, 0.05) is 28.2 Å². The Balaban J connectivity index is 2.90. The molecule has 0 bridgehead atoms. The molecule has 2 rings (SSSR count). The molecule has 1 heterocycles. The van der Waals surface area contributed by atoms with Crippen LogP contribution in [0.4, 0.5) is 0 Å². The summed E-state index contributed by atoms with van der Waals surface area (Å²) in [6.07, 6.45) is 2.78. The summed E-state index contributed by atoms with van der Waals surface area (Å²) in [7, 11) is 0. The van der Waals surface area contributed by atoms with Gasteiger partial charge in [-0.15, -0.1) is 0 Å². The first-order valence-electron chi connectivity index (χ1n) is 5.30. The van der Waals surface area contributed by atoms with E-state index in [0.717, 1.165) is 22.8 Å². The maximum Gasteiger partial charge on any atom is 0.152 e. The van der Waals surface area contributed by atoms with Crippen LogP contribution in [0.5, 0.6) is 0 Å². The molecule has 16 heavy (non-hydrogen) atoms. The van der Waals surface area contributed by atoms with Gasteiger partial charge in [0.25, 0.3) is 0 Å². The van der Waals surface area contributed by atoms with E-state index in [1.54, 1.807) is 0 Å². The molecular weight excluding hydrogens is 222 g/mol. The molecule has 0 aliphatic heterocycles. The summed E-state index contributed by atoms with van der Waals surface area (Å²) in [6, 6.07) is 4.11. The Labute approximate surface area is 99.8 Å². The van der Waals surface area contributed by atoms with E-state index in [1.165, 1.54) is 0 Å². The van der Waals surface area contributed by atoms with E-state index in [4.69, 9.17) is 11.6 Å². The summed E-state index contributed by atoms with van der Waals surface area (Å²) in [5.74, 6) is 0. The summed E-state index contributed by atoms with van der Waals surface area (Å²) in [6.45, 7) is 6.21. The Bertz CT molecular complexity index is 555. The van der Waals surface area contributed by atoms with Crippen LogP contribution in [-0.4, -0.2) is 10.9 Å². The monoisotopic (exact) mass is 235 g/mol. The second-order valence-electron chi connectivity index (χ2n) is 4.32. The minimum absolute atomic E-state index is 0.330. The molecule has 0 N–H and O–H groups in total. The van der Waals surface area contributed by atoms with Crippen LogP contribution in [0.1, 0.15) is 35.8 Å². The zero-order valence-corrected chi connectivity index (χ0v) is 10.4. The second kappa shape index (κ2) is 3.95. The lowest BCUT2D eigenvalue weighted by Crippen LogP contribution is -1.99. The maximum absolute atomic E-state index is 11.0. The molecule has 0 unspecified atom stereocenters.